The highest BCUT2D eigenvalue weighted by atomic mass is 32.2. The third-order valence-corrected chi connectivity index (χ3v) is 15.1. The number of Topliss-reactive ketones (excluding diaryl/α,β-unsaturated/α-hetero) is 1. The Labute approximate surface area is 349 Å². The molecular weight excluding hydrogens is 817 g/mol. The predicted molar refractivity (Wildman–Crippen MR) is 224 cm³/mol. The third-order valence-electron chi connectivity index (χ3n) is 10.5. The molecule has 5 aromatic rings. The molecule has 7 rings (SSSR count). The number of sulfonamides is 2. The van der Waals surface area contributed by atoms with Crippen LogP contribution < -0.4 is 14.3 Å². The first-order valence-corrected chi connectivity index (χ1v) is 22.5. The van der Waals surface area contributed by atoms with E-state index in [9.17, 15) is 30.4 Å². The minimum Gasteiger partial charge on any atom is -0.415 e. The van der Waals surface area contributed by atoms with Gasteiger partial charge in [0.1, 0.15) is 0 Å². The quantitative estimate of drug-likeness (QED) is 0.145. The summed E-state index contributed by atoms with van der Waals surface area (Å²) < 4.78 is 87.0. The number of carbonyl (C=O) groups excluding carboxylic acids is 1. The molecule has 15 nitrogen and oxygen atoms in total. The molecule has 0 bridgehead atoms. The molecule has 2 aliphatic heterocycles. The molecule has 2 fully saturated rings. The maximum atomic E-state index is 13.5. The zero-order chi connectivity index (χ0) is 42.9. The number of aromatic nitrogens is 4. The van der Waals surface area contributed by atoms with Crippen LogP contribution in [-0.2, 0) is 33.1 Å². The summed E-state index contributed by atoms with van der Waals surface area (Å²) >= 11 is 0. The third kappa shape index (κ3) is 10.9. The van der Waals surface area contributed by atoms with E-state index in [2.05, 4.69) is 30.0 Å². The molecule has 0 spiro atoms. The fourth-order valence-electron chi connectivity index (χ4n) is 6.95. The Bertz CT molecular complexity index is 2360. The Morgan fingerprint density at radius 2 is 1.18 bits per heavy atom. The van der Waals surface area contributed by atoms with Gasteiger partial charge in [0.2, 0.25) is 25.9 Å². The highest BCUT2D eigenvalue weighted by molar-refractivity contribution is 7.93. The Morgan fingerprint density at radius 3 is 1.57 bits per heavy atom. The molecule has 60 heavy (non-hydrogen) atoms. The van der Waals surface area contributed by atoms with Crippen LogP contribution in [0.2, 0.25) is 0 Å². The number of likely N-dealkylation sites (tertiary alicyclic amines) is 2. The molecule has 2 aliphatic rings. The van der Waals surface area contributed by atoms with Gasteiger partial charge in [0.25, 0.3) is 5.89 Å². The lowest BCUT2D eigenvalue weighted by Gasteiger charge is -2.33. The van der Waals surface area contributed by atoms with Gasteiger partial charge in [0.05, 0.1) is 58.5 Å². The summed E-state index contributed by atoms with van der Waals surface area (Å²) in [6, 6.07) is 24.5. The molecule has 2 aromatic carbocycles. The summed E-state index contributed by atoms with van der Waals surface area (Å²) in [5, 5.41) is 6.03. The van der Waals surface area contributed by atoms with Crippen molar-refractivity contribution in [3.05, 3.63) is 120 Å². The maximum absolute atomic E-state index is 13.5. The van der Waals surface area contributed by atoms with Gasteiger partial charge in [-0.15, -0.1) is 10.2 Å². The van der Waals surface area contributed by atoms with Crippen LogP contribution in [0.3, 0.4) is 0 Å². The Balaban J connectivity index is 0.000000203. The lowest BCUT2D eigenvalue weighted by molar-refractivity contribution is 0.100. The second kappa shape index (κ2) is 19.9. The van der Waals surface area contributed by atoms with Gasteiger partial charge in [-0.25, -0.2) is 16.8 Å². The number of halogens is 2. The smallest absolute Gasteiger partial charge is 0.314 e. The van der Waals surface area contributed by atoms with Crippen molar-refractivity contribution in [1.82, 2.24) is 30.0 Å². The van der Waals surface area contributed by atoms with E-state index in [1.165, 1.54) is 21.0 Å². The van der Waals surface area contributed by atoms with E-state index in [0.29, 0.717) is 59.6 Å². The van der Waals surface area contributed by atoms with Gasteiger partial charge in [-0.05, 0) is 114 Å². The first-order chi connectivity index (χ1) is 28.8. The Hall–Kier alpha value is -5.21. The number of benzene rings is 2. The normalized spacial score (nSPS) is 16.0. The number of nitrogens with two attached hydrogens (primary N) is 1. The van der Waals surface area contributed by atoms with E-state index in [1.807, 2.05) is 38.4 Å². The fourth-order valence-corrected chi connectivity index (χ4v) is 10.7. The molecule has 320 valence electrons. The van der Waals surface area contributed by atoms with Crippen molar-refractivity contribution in [2.24, 2.45) is 5.73 Å². The van der Waals surface area contributed by atoms with E-state index in [1.54, 1.807) is 60.7 Å². The molecule has 2 N–H and O–H groups in total. The van der Waals surface area contributed by atoms with E-state index in [0.717, 1.165) is 26.2 Å². The summed E-state index contributed by atoms with van der Waals surface area (Å²) in [4.78, 5) is 24.6. The second-order valence-corrected chi connectivity index (χ2v) is 19.0. The lowest BCUT2D eigenvalue weighted by Crippen LogP contribution is -2.44. The Morgan fingerprint density at radius 1 is 0.717 bits per heavy atom. The van der Waals surface area contributed by atoms with Crippen molar-refractivity contribution < 1.29 is 34.8 Å². The van der Waals surface area contributed by atoms with Crippen LogP contribution >= 0.6 is 0 Å². The average molecular weight is 866 g/mol. The van der Waals surface area contributed by atoms with E-state index < -0.39 is 42.9 Å². The number of piperidine rings is 2. The fraction of sp³-hybridized carbons (Fsp3) is 0.390. The number of pyridine rings is 2. The van der Waals surface area contributed by atoms with Crippen molar-refractivity contribution in [2.75, 3.05) is 55.4 Å². The van der Waals surface area contributed by atoms with Crippen LogP contribution in [0.4, 0.5) is 20.2 Å². The molecular formula is C41H49F2N9O6S2. The summed E-state index contributed by atoms with van der Waals surface area (Å²) in [5.74, 6) is -1.03. The molecule has 0 amide bonds. The standard InChI is InChI=1S/C21H23F2N5O3S.C20H26N4O3S/c1-27-11-9-18(10-12-27)32(29,30)28(17-5-3-2-4-6-17)14-16-8-7-15(13-24-16)20-25-26-21(31-20)19(22)23;1-23-11-9-19(10-12-23)28(26,27)24(18-5-3-2-4-6-18)15-17-8-7-16(14-22-17)20(25)13-21/h2-8,13,18-19H,9-12,14H2,1H3;2-8,14,19H,9-13,15,21H2,1H3. The van der Waals surface area contributed by atoms with Gasteiger partial charge < -0.3 is 20.0 Å². The van der Waals surface area contributed by atoms with Crippen molar-refractivity contribution >= 4 is 37.2 Å². The lowest BCUT2D eigenvalue weighted by atomic mass is 10.1. The minimum absolute atomic E-state index is 0.0467. The molecule has 19 heteroatoms. The highest BCUT2D eigenvalue weighted by Gasteiger charge is 2.36. The zero-order valence-corrected chi connectivity index (χ0v) is 35.1. The summed E-state index contributed by atoms with van der Waals surface area (Å²) in [5.41, 5.74) is 8.44. The minimum atomic E-state index is -3.62. The zero-order valence-electron chi connectivity index (χ0n) is 33.4. The molecule has 3 aromatic heterocycles. The van der Waals surface area contributed by atoms with E-state index in [-0.39, 0.29) is 31.3 Å². The van der Waals surface area contributed by atoms with Crippen molar-refractivity contribution in [3.8, 4) is 11.5 Å². The summed E-state index contributed by atoms with van der Waals surface area (Å²) in [7, 11) is -3.19. The van der Waals surface area contributed by atoms with Gasteiger partial charge in [0, 0.05) is 18.0 Å². The topological polar surface area (TPSA) is 189 Å². The number of alkyl halides is 2. The SMILES string of the molecule is CN1CCC(S(=O)(=O)N(Cc2ccc(-c3nnc(C(F)F)o3)cn2)c2ccccc2)CC1.CN1CCC(S(=O)(=O)N(Cc2ccc(C(=O)CN)cn2)c2ccccc2)CC1. The van der Waals surface area contributed by atoms with Crippen LogP contribution in [0.15, 0.2) is 102 Å². The first-order valence-electron chi connectivity index (χ1n) is 19.5. The van der Waals surface area contributed by atoms with Crippen LogP contribution in [0, 0.1) is 0 Å². The maximum Gasteiger partial charge on any atom is 0.314 e. The first kappa shape index (κ1) is 44.3. The number of carbonyl (C=O) groups is 1. The monoisotopic (exact) mass is 865 g/mol. The number of nitrogens with zero attached hydrogens (tertiary/aromatic N) is 8. The number of rotatable bonds is 14. The van der Waals surface area contributed by atoms with E-state index >= 15 is 0 Å². The molecule has 0 radical (unpaired) electrons. The average Bonchev–Trinajstić information content (AvgIpc) is 3.77. The van der Waals surface area contributed by atoms with Crippen molar-refractivity contribution in [2.45, 2.75) is 55.7 Å². The van der Waals surface area contributed by atoms with Gasteiger partial charge in [-0.1, -0.05) is 36.4 Å². The van der Waals surface area contributed by atoms with Gasteiger partial charge >= 0.3 is 6.43 Å². The molecule has 0 atom stereocenters. The molecule has 5 heterocycles. The molecule has 0 unspecified atom stereocenters. The molecule has 0 aliphatic carbocycles. The van der Waals surface area contributed by atoms with Gasteiger partial charge in [0.15, 0.2) is 5.78 Å². The number of hydrogen-bond donors (Lipinski definition) is 1. The Kier molecular flexibility index (Phi) is 14.7. The van der Waals surface area contributed by atoms with Gasteiger partial charge in [-0.2, -0.15) is 8.78 Å². The van der Waals surface area contributed by atoms with Crippen LogP contribution in [-0.4, -0.2) is 110 Å². The number of anilines is 2. The molecule has 2 saturated heterocycles. The number of hydrogen-bond acceptors (Lipinski definition) is 13. The second-order valence-electron chi connectivity index (χ2n) is 14.7. The number of ketones is 1. The van der Waals surface area contributed by atoms with Crippen LogP contribution in [0.5, 0.6) is 0 Å². The van der Waals surface area contributed by atoms with Crippen molar-refractivity contribution in [1.29, 1.82) is 0 Å². The van der Waals surface area contributed by atoms with Crippen LogP contribution in [0.25, 0.3) is 11.5 Å². The largest absolute Gasteiger partial charge is 0.415 e. The summed E-state index contributed by atoms with van der Waals surface area (Å²) in [6.07, 6.45) is 2.36. The highest BCUT2D eigenvalue weighted by Crippen LogP contribution is 2.30. The molecule has 0 saturated carbocycles. The van der Waals surface area contributed by atoms with Crippen LogP contribution in [0.1, 0.15) is 59.7 Å². The number of para-hydroxylation sites is 2. The summed E-state index contributed by atoms with van der Waals surface area (Å²) in [6.45, 7) is 3.07. The predicted octanol–water partition coefficient (Wildman–Crippen LogP) is 5.15. The van der Waals surface area contributed by atoms with Gasteiger partial charge in [-0.3, -0.25) is 23.4 Å². The van der Waals surface area contributed by atoms with E-state index in [4.69, 9.17) is 10.2 Å². The van der Waals surface area contributed by atoms with Crippen molar-refractivity contribution in [3.63, 3.8) is 0 Å².